The molecule has 0 N–H and O–H groups in total. The Balaban J connectivity index is 1.36. The van der Waals surface area contributed by atoms with Crippen molar-refractivity contribution < 1.29 is 17.9 Å². The van der Waals surface area contributed by atoms with Gasteiger partial charge in [0.15, 0.2) is 0 Å². The normalized spacial score (nSPS) is 26.5. The minimum atomic E-state index is -4.66. The van der Waals surface area contributed by atoms with Gasteiger partial charge < -0.3 is 4.74 Å². The van der Waals surface area contributed by atoms with E-state index in [1.54, 1.807) is 12.1 Å². The molecule has 0 atom stereocenters. The Morgan fingerprint density at radius 3 is 2.12 bits per heavy atom. The maximum absolute atomic E-state index is 12.2. The second-order valence-electron chi connectivity index (χ2n) is 9.65. The third kappa shape index (κ3) is 8.57. The summed E-state index contributed by atoms with van der Waals surface area (Å²) in [7, 11) is 0. The number of hydrogen-bond donors (Lipinski definition) is 0. The van der Waals surface area contributed by atoms with Crippen LogP contribution in [-0.4, -0.2) is 6.36 Å². The topological polar surface area (TPSA) is 9.23 Å². The molecule has 2 fully saturated rings. The highest BCUT2D eigenvalue weighted by Gasteiger charge is 2.31. The van der Waals surface area contributed by atoms with Crippen LogP contribution in [0.5, 0.6) is 5.75 Å². The van der Waals surface area contributed by atoms with Crippen LogP contribution in [0.15, 0.2) is 36.4 Å². The van der Waals surface area contributed by atoms with Crippen molar-refractivity contribution in [3.05, 3.63) is 42.0 Å². The lowest BCUT2D eigenvalue weighted by Gasteiger charge is -2.37. The molecular weight excluding hydrogens is 409 g/mol. The largest absolute Gasteiger partial charge is 0.573 e. The van der Waals surface area contributed by atoms with Crippen molar-refractivity contribution >= 4 is 0 Å². The van der Waals surface area contributed by atoms with E-state index in [9.17, 15) is 13.2 Å². The van der Waals surface area contributed by atoms with E-state index in [2.05, 4.69) is 29.6 Å². The Bertz CT molecular complexity index is 753. The third-order valence-electron chi connectivity index (χ3n) is 7.35. The zero-order valence-electron chi connectivity index (χ0n) is 19.3. The Labute approximate surface area is 191 Å². The molecule has 0 bridgehead atoms. The summed E-state index contributed by atoms with van der Waals surface area (Å²) in [4.78, 5) is 0. The van der Waals surface area contributed by atoms with Crippen LogP contribution in [0.2, 0.25) is 0 Å². The zero-order valence-corrected chi connectivity index (χ0v) is 19.3. The molecule has 1 nitrogen and oxygen atoms in total. The summed E-state index contributed by atoms with van der Waals surface area (Å²) in [5, 5.41) is 0. The molecule has 32 heavy (non-hydrogen) atoms. The number of hydrogen-bond acceptors (Lipinski definition) is 1. The molecule has 176 valence electrons. The van der Waals surface area contributed by atoms with Crippen molar-refractivity contribution in [2.24, 2.45) is 23.7 Å². The van der Waals surface area contributed by atoms with Crippen LogP contribution in [0, 0.1) is 35.5 Å². The smallest absolute Gasteiger partial charge is 0.406 e. The van der Waals surface area contributed by atoms with Gasteiger partial charge in [-0.25, -0.2) is 0 Å². The summed E-state index contributed by atoms with van der Waals surface area (Å²) >= 11 is 0. The van der Waals surface area contributed by atoms with Crippen LogP contribution >= 0.6 is 0 Å². The van der Waals surface area contributed by atoms with Gasteiger partial charge in [0.2, 0.25) is 0 Å². The van der Waals surface area contributed by atoms with E-state index in [4.69, 9.17) is 0 Å². The lowest BCUT2D eigenvalue weighted by molar-refractivity contribution is -0.274. The molecule has 2 aliphatic carbocycles. The Morgan fingerprint density at radius 1 is 0.906 bits per heavy atom. The molecule has 3 rings (SSSR count). The first-order valence-corrected chi connectivity index (χ1v) is 12.5. The molecule has 0 radical (unpaired) electrons. The van der Waals surface area contributed by atoms with Gasteiger partial charge in [0.25, 0.3) is 0 Å². The molecule has 2 saturated carbocycles. The van der Waals surface area contributed by atoms with Crippen molar-refractivity contribution in [1.82, 2.24) is 0 Å². The van der Waals surface area contributed by atoms with Crippen LogP contribution < -0.4 is 4.74 Å². The number of halogens is 3. The summed E-state index contributed by atoms with van der Waals surface area (Å²) < 4.78 is 40.5. The maximum atomic E-state index is 12.2. The highest BCUT2D eigenvalue weighted by molar-refractivity contribution is 5.40. The van der Waals surface area contributed by atoms with Crippen LogP contribution in [-0.2, 0) is 0 Å². The van der Waals surface area contributed by atoms with E-state index in [1.165, 1.54) is 89.2 Å². The summed E-state index contributed by atoms with van der Waals surface area (Å²) in [6, 6.07) is 5.68. The predicted molar refractivity (Wildman–Crippen MR) is 124 cm³/mol. The number of unbranched alkanes of at least 4 members (excludes halogenated alkanes) is 2. The number of benzene rings is 1. The highest BCUT2D eigenvalue weighted by Crippen LogP contribution is 2.42. The standard InChI is InChI=1S/C28H37F3O/c1-2-3-4-7-22-10-16-25(17-11-22)26-18-12-23(13-19-26)8-5-6-9-24-14-20-27(21-15-24)32-28(29,30)31/h5,8,14-15,20-23,25-26H,2-4,7,10-13,16-19H2,1H3/b8-5+/t22-,23?,25-,26?. The maximum Gasteiger partial charge on any atom is 0.573 e. The summed E-state index contributed by atoms with van der Waals surface area (Å²) in [6.45, 7) is 2.29. The van der Waals surface area contributed by atoms with Gasteiger partial charge in [-0.05, 0) is 92.5 Å². The molecule has 0 saturated heterocycles. The second kappa shape index (κ2) is 12.4. The van der Waals surface area contributed by atoms with E-state index in [-0.39, 0.29) is 5.75 Å². The molecule has 1 aromatic carbocycles. The number of allylic oxidation sites excluding steroid dienone is 2. The quantitative estimate of drug-likeness (QED) is 0.301. The summed E-state index contributed by atoms with van der Waals surface area (Å²) in [6.07, 6.45) is 16.0. The van der Waals surface area contributed by atoms with Gasteiger partial charge in [0, 0.05) is 5.56 Å². The SMILES string of the molecule is CCCCC[C@H]1CC[C@H](C2CCC(/C=C/C#Cc3ccc(OC(F)(F)F)cc3)CC2)CC1. The van der Waals surface area contributed by atoms with Crippen molar-refractivity contribution in [3.63, 3.8) is 0 Å². The van der Waals surface area contributed by atoms with E-state index in [0.29, 0.717) is 11.5 Å². The van der Waals surface area contributed by atoms with Gasteiger partial charge in [-0.3, -0.25) is 0 Å². The van der Waals surface area contributed by atoms with E-state index < -0.39 is 6.36 Å². The number of rotatable bonds is 7. The van der Waals surface area contributed by atoms with Crippen molar-refractivity contribution in [2.75, 3.05) is 0 Å². The van der Waals surface area contributed by atoms with Gasteiger partial charge >= 0.3 is 6.36 Å². The van der Waals surface area contributed by atoms with Crippen LogP contribution in [0.1, 0.15) is 89.5 Å². The highest BCUT2D eigenvalue weighted by atomic mass is 19.4. The molecule has 0 aromatic heterocycles. The first kappa shape index (κ1) is 24.7. The second-order valence-corrected chi connectivity index (χ2v) is 9.65. The lowest BCUT2D eigenvalue weighted by Crippen LogP contribution is -2.25. The van der Waals surface area contributed by atoms with E-state index in [0.717, 1.165) is 17.8 Å². The average Bonchev–Trinajstić information content (AvgIpc) is 2.78. The molecule has 2 aliphatic rings. The minimum absolute atomic E-state index is 0.222. The van der Waals surface area contributed by atoms with Crippen LogP contribution in [0.25, 0.3) is 0 Å². The molecule has 0 unspecified atom stereocenters. The van der Waals surface area contributed by atoms with E-state index >= 15 is 0 Å². The summed E-state index contributed by atoms with van der Waals surface area (Å²) in [5.74, 6) is 9.25. The fourth-order valence-electron chi connectivity index (χ4n) is 5.49. The van der Waals surface area contributed by atoms with Crippen LogP contribution in [0.4, 0.5) is 13.2 Å². The monoisotopic (exact) mass is 446 g/mol. The van der Waals surface area contributed by atoms with Gasteiger partial charge in [-0.15, -0.1) is 13.2 Å². The third-order valence-corrected chi connectivity index (χ3v) is 7.35. The van der Waals surface area contributed by atoms with E-state index in [1.807, 2.05) is 6.08 Å². The zero-order chi connectivity index (χ0) is 22.8. The Kier molecular flexibility index (Phi) is 9.57. The molecule has 0 aliphatic heterocycles. The van der Waals surface area contributed by atoms with Crippen molar-refractivity contribution in [3.8, 4) is 17.6 Å². The minimum Gasteiger partial charge on any atom is -0.406 e. The Hall–Kier alpha value is -1.89. The molecule has 0 heterocycles. The van der Waals surface area contributed by atoms with Gasteiger partial charge in [0.05, 0.1) is 0 Å². The molecule has 0 spiro atoms. The van der Waals surface area contributed by atoms with Gasteiger partial charge in [0.1, 0.15) is 5.75 Å². The number of alkyl halides is 3. The summed E-state index contributed by atoms with van der Waals surface area (Å²) in [5.41, 5.74) is 0.679. The molecule has 0 amide bonds. The van der Waals surface area contributed by atoms with Gasteiger partial charge in [-0.1, -0.05) is 63.4 Å². The van der Waals surface area contributed by atoms with Crippen molar-refractivity contribution in [2.45, 2.75) is 90.3 Å². The first-order valence-electron chi connectivity index (χ1n) is 12.5. The number of ether oxygens (including phenoxy) is 1. The molecule has 1 aromatic rings. The molecular formula is C28H37F3O. The first-order chi connectivity index (χ1) is 15.4. The average molecular weight is 447 g/mol. The fourth-order valence-corrected chi connectivity index (χ4v) is 5.49. The Morgan fingerprint density at radius 2 is 1.53 bits per heavy atom. The lowest BCUT2D eigenvalue weighted by atomic mass is 9.68. The van der Waals surface area contributed by atoms with Crippen LogP contribution in [0.3, 0.4) is 0 Å². The molecule has 4 heteroatoms. The predicted octanol–water partition coefficient (Wildman–Crippen LogP) is 8.69. The van der Waals surface area contributed by atoms with Gasteiger partial charge in [-0.2, -0.15) is 0 Å². The van der Waals surface area contributed by atoms with Crippen molar-refractivity contribution in [1.29, 1.82) is 0 Å². The fraction of sp³-hybridized carbons (Fsp3) is 0.643.